The van der Waals surface area contributed by atoms with Gasteiger partial charge in [-0.3, -0.25) is 14.2 Å². The van der Waals surface area contributed by atoms with Gasteiger partial charge in [-0.1, -0.05) is 0 Å². The van der Waals surface area contributed by atoms with Crippen molar-refractivity contribution in [2.75, 3.05) is 0 Å². The number of carbonyl (C=O) groups is 2. The van der Waals surface area contributed by atoms with E-state index in [1.807, 2.05) is 20.0 Å². The van der Waals surface area contributed by atoms with E-state index in [0.29, 0.717) is 6.54 Å². The summed E-state index contributed by atoms with van der Waals surface area (Å²) < 4.78 is 3.05. The van der Waals surface area contributed by atoms with Crippen LogP contribution < -0.4 is 5.32 Å². The van der Waals surface area contributed by atoms with E-state index >= 15 is 0 Å². The van der Waals surface area contributed by atoms with Crippen molar-refractivity contribution < 1.29 is 14.7 Å². The molecule has 0 saturated carbocycles. The summed E-state index contributed by atoms with van der Waals surface area (Å²) in [5, 5.41) is 20.0. The lowest BCUT2D eigenvalue weighted by molar-refractivity contribution is -0.140. The van der Waals surface area contributed by atoms with Gasteiger partial charge < -0.3 is 10.4 Å². The molecule has 1 atom stereocenters. The Morgan fingerprint density at radius 1 is 1.41 bits per heavy atom. The minimum absolute atomic E-state index is 0.189. The Kier molecular flexibility index (Phi) is 4.59. The van der Waals surface area contributed by atoms with Gasteiger partial charge in [0.1, 0.15) is 11.7 Å². The summed E-state index contributed by atoms with van der Waals surface area (Å²) in [5.74, 6) is -1.35. The average Bonchev–Trinajstić information content (AvgIpc) is 3.10. The largest absolute Gasteiger partial charge is 0.480 e. The van der Waals surface area contributed by atoms with Crippen molar-refractivity contribution in [3.05, 3.63) is 35.4 Å². The molecule has 0 radical (unpaired) electrons. The number of nitrogens with zero attached hydrogens (tertiary/aromatic N) is 4. The lowest BCUT2D eigenvalue weighted by Gasteiger charge is -2.05. The highest BCUT2D eigenvalue weighted by Gasteiger charge is 2.17. The number of hydrogen-bond acceptors (Lipinski definition) is 4. The van der Waals surface area contributed by atoms with E-state index in [2.05, 4.69) is 15.5 Å². The van der Waals surface area contributed by atoms with Crippen molar-refractivity contribution in [1.82, 2.24) is 24.9 Å². The Bertz CT molecular complexity index is 688. The summed E-state index contributed by atoms with van der Waals surface area (Å²) in [4.78, 5) is 22.9. The van der Waals surface area contributed by atoms with E-state index in [1.165, 1.54) is 23.9 Å². The van der Waals surface area contributed by atoms with Crippen LogP contribution in [-0.2, 0) is 17.9 Å². The van der Waals surface area contributed by atoms with Crippen molar-refractivity contribution >= 4 is 11.9 Å². The molecule has 2 N–H and O–H groups in total. The smallest absolute Gasteiger partial charge is 0.328 e. The minimum Gasteiger partial charge on any atom is -0.480 e. The first-order valence-corrected chi connectivity index (χ1v) is 7.01. The molecule has 1 unspecified atom stereocenters. The normalized spacial score (nSPS) is 12.1. The highest BCUT2D eigenvalue weighted by atomic mass is 16.4. The van der Waals surface area contributed by atoms with Crippen LogP contribution in [0.1, 0.15) is 41.6 Å². The fraction of sp³-hybridized carbons (Fsp3) is 0.429. The number of aryl methyl sites for hydroxylation is 2. The molecular formula is C14H19N5O3. The van der Waals surface area contributed by atoms with Crippen LogP contribution in [0.2, 0.25) is 0 Å². The predicted molar refractivity (Wildman–Crippen MR) is 78.4 cm³/mol. The monoisotopic (exact) mass is 305 g/mol. The molecule has 8 nitrogen and oxygen atoms in total. The summed E-state index contributed by atoms with van der Waals surface area (Å²) in [5.41, 5.74) is 1.99. The maximum Gasteiger partial charge on any atom is 0.328 e. The standard InChI is InChI=1S/C14H19N5O3/c1-4-18-8-11(9(2)16-18)7-15-13(20)12-5-6-19(17-12)10(3)14(21)22/h5-6,8,10H,4,7H2,1-3H3,(H,15,20)(H,21,22). The quantitative estimate of drug-likeness (QED) is 0.828. The fourth-order valence-electron chi connectivity index (χ4n) is 1.95. The summed E-state index contributed by atoms with van der Waals surface area (Å²) in [6.07, 6.45) is 3.37. The van der Waals surface area contributed by atoms with E-state index in [0.717, 1.165) is 17.8 Å². The summed E-state index contributed by atoms with van der Waals surface area (Å²) in [6.45, 7) is 6.50. The van der Waals surface area contributed by atoms with Crippen LogP contribution in [0.3, 0.4) is 0 Å². The Labute approximate surface area is 127 Å². The molecule has 0 aliphatic rings. The Balaban J connectivity index is 2.00. The van der Waals surface area contributed by atoms with Crippen LogP contribution in [0.25, 0.3) is 0 Å². The van der Waals surface area contributed by atoms with Crippen molar-refractivity contribution in [2.24, 2.45) is 0 Å². The van der Waals surface area contributed by atoms with Gasteiger partial charge in [-0.15, -0.1) is 0 Å². The van der Waals surface area contributed by atoms with E-state index < -0.39 is 12.0 Å². The third-order valence-electron chi connectivity index (χ3n) is 3.41. The van der Waals surface area contributed by atoms with Gasteiger partial charge in [-0.2, -0.15) is 10.2 Å². The Morgan fingerprint density at radius 2 is 2.14 bits per heavy atom. The van der Waals surface area contributed by atoms with Gasteiger partial charge in [0.2, 0.25) is 0 Å². The topological polar surface area (TPSA) is 102 Å². The molecule has 118 valence electrons. The SMILES string of the molecule is CCn1cc(CNC(=O)c2ccn(C(C)C(=O)O)n2)c(C)n1. The van der Waals surface area contributed by atoms with Gasteiger partial charge in [-0.05, 0) is 26.8 Å². The highest BCUT2D eigenvalue weighted by Crippen LogP contribution is 2.08. The van der Waals surface area contributed by atoms with Crippen molar-refractivity contribution in [2.45, 2.75) is 39.9 Å². The number of carbonyl (C=O) groups excluding carboxylic acids is 1. The molecule has 0 aliphatic carbocycles. The van der Waals surface area contributed by atoms with Gasteiger partial charge in [0.15, 0.2) is 0 Å². The molecule has 0 fully saturated rings. The molecular weight excluding hydrogens is 286 g/mol. The van der Waals surface area contributed by atoms with E-state index in [9.17, 15) is 9.59 Å². The fourth-order valence-corrected chi connectivity index (χ4v) is 1.95. The molecule has 0 aliphatic heterocycles. The number of aromatic nitrogens is 4. The predicted octanol–water partition coefficient (Wildman–Crippen LogP) is 0.984. The zero-order valence-corrected chi connectivity index (χ0v) is 12.8. The second kappa shape index (κ2) is 6.42. The van der Waals surface area contributed by atoms with Gasteiger partial charge in [-0.25, -0.2) is 4.79 Å². The second-order valence-electron chi connectivity index (χ2n) is 4.97. The molecule has 8 heteroatoms. The maximum absolute atomic E-state index is 12.0. The lowest BCUT2D eigenvalue weighted by Crippen LogP contribution is -2.24. The number of rotatable bonds is 6. The van der Waals surface area contributed by atoms with Crippen molar-refractivity contribution in [3.8, 4) is 0 Å². The zero-order chi connectivity index (χ0) is 16.3. The van der Waals surface area contributed by atoms with Crippen LogP contribution in [-0.4, -0.2) is 36.5 Å². The van der Waals surface area contributed by atoms with E-state index in [4.69, 9.17) is 5.11 Å². The molecule has 0 spiro atoms. The van der Waals surface area contributed by atoms with Crippen LogP contribution >= 0.6 is 0 Å². The number of hydrogen-bond donors (Lipinski definition) is 2. The van der Waals surface area contributed by atoms with Gasteiger partial charge in [0.25, 0.3) is 5.91 Å². The zero-order valence-electron chi connectivity index (χ0n) is 12.8. The van der Waals surface area contributed by atoms with Gasteiger partial charge >= 0.3 is 5.97 Å². The van der Waals surface area contributed by atoms with Crippen molar-refractivity contribution in [1.29, 1.82) is 0 Å². The van der Waals surface area contributed by atoms with Gasteiger partial charge in [0.05, 0.1) is 5.69 Å². The van der Waals surface area contributed by atoms with Crippen molar-refractivity contribution in [3.63, 3.8) is 0 Å². The van der Waals surface area contributed by atoms with E-state index in [-0.39, 0.29) is 11.6 Å². The van der Waals surface area contributed by atoms with Crippen LogP contribution in [0, 0.1) is 6.92 Å². The maximum atomic E-state index is 12.0. The number of amides is 1. The van der Waals surface area contributed by atoms with Crippen LogP contribution in [0.5, 0.6) is 0 Å². The van der Waals surface area contributed by atoms with Gasteiger partial charge in [0, 0.05) is 31.0 Å². The number of nitrogens with one attached hydrogen (secondary N) is 1. The summed E-state index contributed by atoms with van der Waals surface area (Å²) in [6, 6.07) is 0.684. The first-order chi connectivity index (χ1) is 10.4. The molecule has 2 aromatic rings. The number of aliphatic carboxylic acids is 1. The Morgan fingerprint density at radius 3 is 2.73 bits per heavy atom. The highest BCUT2D eigenvalue weighted by molar-refractivity contribution is 5.92. The molecule has 22 heavy (non-hydrogen) atoms. The third-order valence-corrected chi connectivity index (χ3v) is 3.41. The van der Waals surface area contributed by atoms with E-state index in [1.54, 1.807) is 4.68 Å². The molecule has 0 bridgehead atoms. The van der Waals surface area contributed by atoms with Crippen LogP contribution in [0.15, 0.2) is 18.5 Å². The van der Waals surface area contributed by atoms with Crippen LogP contribution in [0.4, 0.5) is 0 Å². The molecule has 2 heterocycles. The first kappa shape index (κ1) is 15.7. The average molecular weight is 305 g/mol. The molecule has 0 saturated heterocycles. The second-order valence-corrected chi connectivity index (χ2v) is 4.97. The first-order valence-electron chi connectivity index (χ1n) is 7.01. The summed E-state index contributed by atoms with van der Waals surface area (Å²) in [7, 11) is 0. The number of carboxylic acids is 1. The molecule has 1 amide bonds. The minimum atomic E-state index is -1.00. The molecule has 2 aromatic heterocycles. The number of carboxylic acid groups (broad SMARTS) is 1. The summed E-state index contributed by atoms with van der Waals surface area (Å²) >= 11 is 0. The molecule has 2 rings (SSSR count). The lowest BCUT2D eigenvalue weighted by atomic mass is 10.2. The molecule has 0 aromatic carbocycles. The Hall–Kier alpha value is -2.64. The third kappa shape index (κ3) is 3.33.